The third-order valence-electron chi connectivity index (χ3n) is 2.23. The highest BCUT2D eigenvalue weighted by molar-refractivity contribution is 5.95. The van der Waals surface area contributed by atoms with Gasteiger partial charge in [-0.15, -0.1) is 0 Å². The van der Waals surface area contributed by atoms with Gasteiger partial charge < -0.3 is 4.42 Å². The zero-order valence-electron chi connectivity index (χ0n) is 10.5. The molecular weight excluding hydrogens is 214 g/mol. The molecule has 0 amide bonds. The number of hydrogen-bond acceptors (Lipinski definition) is 3. The Labute approximate surface area is 102 Å². The van der Waals surface area contributed by atoms with Crippen LogP contribution in [0, 0.1) is 6.92 Å². The second-order valence-electron chi connectivity index (χ2n) is 3.91. The van der Waals surface area contributed by atoms with Crippen LogP contribution in [0.2, 0.25) is 0 Å². The molecule has 1 aromatic rings. The number of rotatable bonds is 5. The fraction of sp³-hybridized carbons (Fsp3) is 0.286. The zero-order valence-corrected chi connectivity index (χ0v) is 10.5. The number of Topliss-reactive ketones (excluding diaryl/α,β-unsaturated/α-hetero) is 1. The molecule has 0 radical (unpaired) electrons. The number of aromatic nitrogens is 1. The van der Waals surface area contributed by atoms with E-state index in [0.29, 0.717) is 29.3 Å². The number of allylic oxidation sites excluding steroid dienone is 4. The average Bonchev–Trinajstić information content (AvgIpc) is 2.67. The standard InChI is InChI=1S/C14H17NO2/c1-6-12(16)13-11(5)17-14(15-13)10(4)8-7-9(2)3/h7-8H,2,4,6H2,1,3,5H3/b8-7-. The van der Waals surface area contributed by atoms with Gasteiger partial charge in [-0.05, 0) is 19.9 Å². The van der Waals surface area contributed by atoms with Crippen LogP contribution in [0.4, 0.5) is 0 Å². The molecule has 17 heavy (non-hydrogen) atoms. The van der Waals surface area contributed by atoms with E-state index < -0.39 is 0 Å². The molecule has 0 bridgehead atoms. The molecule has 0 fully saturated rings. The molecule has 1 rings (SSSR count). The molecule has 3 nitrogen and oxygen atoms in total. The van der Waals surface area contributed by atoms with Crippen LogP contribution in [0.3, 0.4) is 0 Å². The molecular formula is C14H17NO2. The third-order valence-corrected chi connectivity index (χ3v) is 2.23. The molecule has 3 heteroatoms. The van der Waals surface area contributed by atoms with Crippen LogP contribution in [0.1, 0.15) is 42.4 Å². The lowest BCUT2D eigenvalue weighted by Gasteiger charge is -1.92. The number of aryl methyl sites for hydroxylation is 1. The van der Waals surface area contributed by atoms with Crippen LogP contribution >= 0.6 is 0 Å². The van der Waals surface area contributed by atoms with Crippen LogP contribution in [0.5, 0.6) is 0 Å². The molecule has 0 aliphatic rings. The van der Waals surface area contributed by atoms with Gasteiger partial charge in [0.15, 0.2) is 5.78 Å². The van der Waals surface area contributed by atoms with Crippen molar-refractivity contribution in [2.45, 2.75) is 27.2 Å². The highest BCUT2D eigenvalue weighted by Gasteiger charge is 2.15. The summed E-state index contributed by atoms with van der Waals surface area (Å²) in [5.74, 6) is 0.905. The summed E-state index contributed by atoms with van der Waals surface area (Å²) >= 11 is 0. The predicted octanol–water partition coefficient (Wildman–Crippen LogP) is 3.72. The van der Waals surface area contributed by atoms with Gasteiger partial charge in [0, 0.05) is 12.0 Å². The van der Waals surface area contributed by atoms with Gasteiger partial charge in [0.05, 0.1) is 0 Å². The van der Waals surface area contributed by atoms with Crippen LogP contribution in [-0.2, 0) is 0 Å². The zero-order chi connectivity index (χ0) is 13.0. The Morgan fingerprint density at radius 2 is 2.06 bits per heavy atom. The molecule has 0 spiro atoms. The maximum Gasteiger partial charge on any atom is 0.226 e. The Hall–Kier alpha value is -1.90. The van der Waals surface area contributed by atoms with Crippen LogP contribution in [0.15, 0.2) is 35.3 Å². The van der Waals surface area contributed by atoms with Crippen molar-refractivity contribution in [1.82, 2.24) is 4.98 Å². The first kappa shape index (κ1) is 13.2. The Bertz CT molecular complexity index is 492. The van der Waals surface area contributed by atoms with E-state index in [4.69, 9.17) is 4.42 Å². The van der Waals surface area contributed by atoms with Crippen molar-refractivity contribution in [3.63, 3.8) is 0 Å². The lowest BCUT2D eigenvalue weighted by atomic mass is 10.2. The monoisotopic (exact) mass is 231 g/mol. The summed E-state index contributed by atoms with van der Waals surface area (Å²) in [5.41, 5.74) is 1.94. The largest absolute Gasteiger partial charge is 0.441 e. The molecule has 0 saturated heterocycles. The van der Waals surface area contributed by atoms with Gasteiger partial charge >= 0.3 is 0 Å². The quantitative estimate of drug-likeness (QED) is 0.573. The molecule has 0 saturated carbocycles. The first-order chi connectivity index (χ1) is 7.95. The lowest BCUT2D eigenvalue weighted by Crippen LogP contribution is -1.99. The molecule has 0 aromatic carbocycles. The maximum absolute atomic E-state index is 11.6. The van der Waals surface area contributed by atoms with E-state index in [-0.39, 0.29) is 5.78 Å². The van der Waals surface area contributed by atoms with Crippen molar-refractivity contribution in [3.8, 4) is 0 Å². The molecule has 90 valence electrons. The average molecular weight is 231 g/mol. The molecule has 0 N–H and O–H groups in total. The molecule has 1 heterocycles. The fourth-order valence-corrected chi connectivity index (χ4v) is 1.27. The number of nitrogens with zero attached hydrogens (tertiary/aromatic N) is 1. The highest BCUT2D eigenvalue weighted by Crippen LogP contribution is 2.19. The van der Waals surface area contributed by atoms with E-state index in [1.165, 1.54) is 0 Å². The highest BCUT2D eigenvalue weighted by atomic mass is 16.4. The number of oxazole rings is 1. The minimum atomic E-state index is -0.0193. The van der Waals surface area contributed by atoms with Crippen LogP contribution in [0.25, 0.3) is 5.57 Å². The topological polar surface area (TPSA) is 43.1 Å². The minimum absolute atomic E-state index is 0.0193. The summed E-state index contributed by atoms with van der Waals surface area (Å²) < 4.78 is 5.42. The number of carbonyl (C=O) groups is 1. The van der Waals surface area contributed by atoms with Crippen molar-refractivity contribution in [1.29, 1.82) is 0 Å². The first-order valence-corrected chi connectivity index (χ1v) is 5.49. The van der Waals surface area contributed by atoms with E-state index in [9.17, 15) is 4.79 Å². The van der Waals surface area contributed by atoms with E-state index in [1.807, 2.05) is 13.0 Å². The molecule has 1 aromatic heterocycles. The lowest BCUT2D eigenvalue weighted by molar-refractivity contribution is 0.0982. The molecule has 0 unspecified atom stereocenters. The van der Waals surface area contributed by atoms with Gasteiger partial charge in [-0.25, -0.2) is 4.98 Å². The SMILES string of the molecule is C=C(C)/C=C\C(=C)c1nc(C(=O)CC)c(C)o1. The summed E-state index contributed by atoms with van der Waals surface area (Å²) in [7, 11) is 0. The Balaban J connectivity index is 2.97. The van der Waals surface area contributed by atoms with Crippen LogP contribution in [-0.4, -0.2) is 10.8 Å². The van der Waals surface area contributed by atoms with Gasteiger partial charge in [-0.1, -0.05) is 31.7 Å². The Morgan fingerprint density at radius 3 is 2.59 bits per heavy atom. The summed E-state index contributed by atoms with van der Waals surface area (Å²) in [6.45, 7) is 13.0. The van der Waals surface area contributed by atoms with Gasteiger partial charge in [-0.2, -0.15) is 0 Å². The normalized spacial score (nSPS) is 10.8. The van der Waals surface area contributed by atoms with Gasteiger partial charge in [0.2, 0.25) is 5.89 Å². The van der Waals surface area contributed by atoms with Gasteiger partial charge in [0.1, 0.15) is 11.5 Å². The third kappa shape index (κ3) is 3.28. The number of hydrogen-bond donors (Lipinski definition) is 0. The van der Waals surface area contributed by atoms with E-state index in [0.717, 1.165) is 5.57 Å². The second kappa shape index (κ2) is 5.43. The van der Waals surface area contributed by atoms with Crippen molar-refractivity contribution in [2.24, 2.45) is 0 Å². The second-order valence-corrected chi connectivity index (χ2v) is 3.91. The minimum Gasteiger partial charge on any atom is -0.441 e. The maximum atomic E-state index is 11.6. The Morgan fingerprint density at radius 1 is 1.41 bits per heavy atom. The van der Waals surface area contributed by atoms with Crippen molar-refractivity contribution >= 4 is 11.4 Å². The van der Waals surface area contributed by atoms with Crippen molar-refractivity contribution in [2.75, 3.05) is 0 Å². The molecule has 0 atom stereocenters. The summed E-state index contributed by atoms with van der Waals surface area (Å²) in [6.07, 6.45) is 4.01. The molecule has 0 aliphatic heterocycles. The fourth-order valence-electron chi connectivity index (χ4n) is 1.27. The van der Waals surface area contributed by atoms with E-state index in [2.05, 4.69) is 18.1 Å². The first-order valence-electron chi connectivity index (χ1n) is 5.49. The summed E-state index contributed by atoms with van der Waals surface area (Å²) in [6, 6.07) is 0. The van der Waals surface area contributed by atoms with Gasteiger partial charge in [-0.3, -0.25) is 4.79 Å². The van der Waals surface area contributed by atoms with Crippen molar-refractivity contribution < 1.29 is 9.21 Å². The number of carbonyl (C=O) groups excluding carboxylic acids is 1. The van der Waals surface area contributed by atoms with Crippen LogP contribution < -0.4 is 0 Å². The van der Waals surface area contributed by atoms with Crippen molar-refractivity contribution in [3.05, 3.63) is 48.2 Å². The Kier molecular flexibility index (Phi) is 4.21. The molecule has 0 aliphatic carbocycles. The smallest absolute Gasteiger partial charge is 0.226 e. The summed E-state index contributed by atoms with van der Waals surface area (Å²) in [4.78, 5) is 15.7. The van der Waals surface area contributed by atoms with E-state index in [1.54, 1.807) is 19.9 Å². The van der Waals surface area contributed by atoms with E-state index >= 15 is 0 Å². The summed E-state index contributed by atoms with van der Waals surface area (Å²) in [5, 5.41) is 0. The van der Waals surface area contributed by atoms with Gasteiger partial charge in [0.25, 0.3) is 0 Å². The predicted molar refractivity (Wildman–Crippen MR) is 68.8 cm³/mol. The number of ketones is 1.